The fourth-order valence-electron chi connectivity index (χ4n) is 3.01. The van der Waals surface area contributed by atoms with Crippen LogP contribution in [0, 0.1) is 5.92 Å². The van der Waals surface area contributed by atoms with Crippen LogP contribution in [0.2, 0.25) is 10.0 Å². The Balaban J connectivity index is 0.00000220. The van der Waals surface area contributed by atoms with Gasteiger partial charge in [0.05, 0.1) is 10.0 Å². The van der Waals surface area contributed by atoms with Crippen molar-refractivity contribution in [1.29, 1.82) is 0 Å². The van der Waals surface area contributed by atoms with Crippen LogP contribution in [0.5, 0.6) is 0 Å². The number of hydrogen-bond acceptors (Lipinski definition) is 2. The molecule has 1 saturated heterocycles. The van der Waals surface area contributed by atoms with Gasteiger partial charge in [-0.25, -0.2) is 0 Å². The molecular formula is C16H22Cl3NO. The summed E-state index contributed by atoms with van der Waals surface area (Å²) in [4.78, 5) is 12.5. The average molecular weight is 351 g/mol. The van der Waals surface area contributed by atoms with Crippen molar-refractivity contribution < 1.29 is 4.79 Å². The van der Waals surface area contributed by atoms with Crippen LogP contribution in [0.1, 0.15) is 44.1 Å². The first-order chi connectivity index (χ1) is 9.63. The van der Waals surface area contributed by atoms with Gasteiger partial charge in [-0.3, -0.25) is 4.79 Å². The molecule has 0 aromatic heterocycles. The molecule has 0 aliphatic carbocycles. The van der Waals surface area contributed by atoms with E-state index in [-0.39, 0.29) is 18.3 Å². The smallest absolute Gasteiger partial charge is 0.140 e. The Bertz CT molecular complexity index is 473. The van der Waals surface area contributed by atoms with E-state index in [9.17, 15) is 4.79 Å². The van der Waals surface area contributed by atoms with Crippen molar-refractivity contribution >= 4 is 41.4 Å². The zero-order valence-electron chi connectivity index (χ0n) is 12.2. The Morgan fingerprint density at radius 1 is 1.29 bits per heavy atom. The highest BCUT2D eigenvalue weighted by molar-refractivity contribution is 6.42. The Kier molecular flexibility index (Phi) is 8.04. The predicted octanol–water partition coefficient (Wildman–Crippen LogP) is 4.87. The first-order valence-corrected chi connectivity index (χ1v) is 8.07. The topological polar surface area (TPSA) is 29.1 Å². The number of carbonyl (C=O) groups excluding carboxylic acids is 1. The molecule has 118 valence electrons. The highest BCUT2D eigenvalue weighted by Crippen LogP contribution is 2.35. The summed E-state index contributed by atoms with van der Waals surface area (Å²) in [6, 6.07) is 5.62. The fourth-order valence-corrected chi connectivity index (χ4v) is 3.31. The molecule has 0 saturated carbocycles. The predicted molar refractivity (Wildman–Crippen MR) is 92.0 cm³/mol. The van der Waals surface area contributed by atoms with Crippen molar-refractivity contribution in [2.75, 3.05) is 13.1 Å². The molecule has 0 spiro atoms. The Morgan fingerprint density at radius 2 is 1.95 bits per heavy atom. The second-order valence-electron chi connectivity index (χ2n) is 5.45. The molecule has 5 heteroatoms. The number of benzene rings is 1. The third kappa shape index (κ3) is 4.85. The van der Waals surface area contributed by atoms with Gasteiger partial charge in [-0.05, 0) is 56.0 Å². The standard InChI is InChI=1S/C16H21Cl2NO.ClH/c1-2-3-15(20)16(11-6-8-19-9-7-11)12-4-5-13(17)14(18)10-12;/h4-5,10-11,16,19H,2-3,6-9H2,1H3;1H. The van der Waals surface area contributed by atoms with Crippen molar-refractivity contribution in [3.8, 4) is 0 Å². The first-order valence-electron chi connectivity index (χ1n) is 7.32. The van der Waals surface area contributed by atoms with E-state index in [0.717, 1.165) is 37.9 Å². The zero-order chi connectivity index (χ0) is 14.5. The van der Waals surface area contributed by atoms with Crippen molar-refractivity contribution in [2.24, 2.45) is 5.92 Å². The van der Waals surface area contributed by atoms with Crippen molar-refractivity contribution in [1.82, 2.24) is 5.32 Å². The lowest BCUT2D eigenvalue weighted by Crippen LogP contribution is -2.33. The molecule has 1 atom stereocenters. The minimum atomic E-state index is -0.0354. The van der Waals surface area contributed by atoms with E-state index in [1.807, 2.05) is 19.1 Å². The summed E-state index contributed by atoms with van der Waals surface area (Å²) in [5, 5.41) is 4.43. The molecule has 1 aliphatic rings. The van der Waals surface area contributed by atoms with Gasteiger partial charge >= 0.3 is 0 Å². The van der Waals surface area contributed by atoms with Crippen molar-refractivity contribution in [3.63, 3.8) is 0 Å². The highest BCUT2D eigenvalue weighted by atomic mass is 35.5. The van der Waals surface area contributed by atoms with Gasteiger partial charge in [-0.1, -0.05) is 36.2 Å². The van der Waals surface area contributed by atoms with Crippen LogP contribution in [-0.2, 0) is 4.79 Å². The van der Waals surface area contributed by atoms with E-state index >= 15 is 0 Å². The summed E-state index contributed by atoms with van der Waals surface area (Å²) in [6.07, 6.45) is 3.61. The lowest BCUT2D eigenvalue weighted by Gasteiger charge is -2.30. The number of hydrogen-bond donors (Lipinski definition) is 1. The summed E-state index contributed by atoms with van der Waals surface area (Å²) in [5.41, 5.74) is 1.02. The van der Waals surface area contributed by atoms with E-state index in [2.05, 4.69) is 5.32 Å². The maximum atomic E-state index is 12.5. The summed E-state index contributed by atoms with van der Waals surface area (Å²) in [5.74, 6) is 0.706. The van der Waals surface area contributed by atoms with Crippen LogP contribution >= 0.6 is 35.6 Å². The van der Waals surface area contributed by atoms with Crippen LogP contribution in [0.25, 0.3) is 0 Å². The number of halogens is 3. The number of ketones is 1. The van der Waals surface area contributed by atoms with Gasteiger partial charge in [-0.15, -0.1) is 12.4 Å². The van der Waals surface area contributed by atoms with Crippen molar-refractivity contribution in [3.05, 3.63) is 33.8 Å². The number of carbonyl (C=O) groups is 1. The molecule has 1 heterocycles. The first kappa shape index (κ1) is 18.8. The molecule has 2 nitrogen and oxygen atoms in total. The SMILES string of the molecule is CCCC(=O)C(c1ccc(Cl)c(Cl)c1)C1CCNCC1.Cl. The third-order valence-electron chi connectivity index (χ3n) is 4.00. The van der Waals surface area contributed by atoms with Crippen molar-refractivity contribution in [2.45, 2.75) is 38.5 Å². The van der Waals surface area contributed by atoms with Gasteiger partial charge in [-0.2, -0.15) is 0 Å². The van der Waals surface area contributed by atoms with Crippen LogP contribution in [-0.4, -0.2) is 18.9 Å². The summed E-state index contributed by atoms with van der Waals surface area (Å²) in [7, 11) is 0. The van der Waals surface area contributed by atoms with Gasteiger partial charge in [0.1, 0.15) is 5.78 Å². The maximum absolute atomic E-state index is 12.5. The second kappa shape index (κ2) is 8.99. The monoisotopic (exact) mass is 349 g/mol. The highest BCUT2D eigenvalue weighted by Gasteiger charge is 2.30. The van der Waals surface area contributed by atoms with E-state index in [1.165, 1.54) is 0 Å². The van der Waals surface area contributed by atoms with Gasteiger partial charge in [0.2, 0.25) is 0 Å². The Hall–Kier alpha value is -0.280. The minimum absolute atomic E-state index is 0. The molecule has 1 unspecified atom stereocenters. The van der Waals surface area contributed by atoms with Gasteiger partial charge in [0, 0.05) is 12.3 Å². The molecular weight excluding hydrogens is 329 g/mol. The maximum Gasteiger partial charge on any atom is 0.140 e. The van der Waals surface area contributed by atoms with E-state index in [1.54, 1.807) is 6.07 Å². The van der Waals surface area contributed by atoms with Crippen LogP contribution < -0.4 is 5.32 Å². The van der Waals surface area contributed by atoms with Gasteiger partial charge in [0.25, 0.3) is 0 Å². The van der Waals surface area contributed by atoms with Crippen LogP contribution in [0.4, 0.5) is 0 Å². The number of nitrogens with one attached hydrogen (secondary N) is 1. The Morgan fingerprint density at radius 3 is 2.52 bits per heavy atom. The van der Waals surface area contributed by atoms with E-state index < -0.39 is 0 Å². The molecule has 0 amide bonds. The van der Waals surface area contributed by atoms with E-state index in [4.69, 9.17) is 23.2 Å². The minimum Gasteiger partial charge on any atom is -0.317 e. The number of piperidine rings is 1. The molecule has 1 N–H and O–H groups in total. The average Bonchev–Trinajstić information content (AvgIpc) is 2.44. The quantitative estimate of drug-likeness (QED) is 0.821. The van der Waals surface area contributed by atoms with Gasteiger partial charge < -0.3 is 5.32 Å². The molecule has 21 heavy (non-hydrogen) atoms. The van der Waals surface area contributed by atoms with Crippen LogP contribution in [0.15, 0.2) is 18.2 Å². The number of Topliss-reactive ketones (excluding diaryl/α,β-unsaturated/α-hetero) is 1. The molecule has 0 bridgehead atoms. The molecule has 1 fully saturated rings. The molecule has 0 radical (unpaired) electrons. The molecule has 2 rings (SSSR count). The third-order valence-corrected chi connectivity index (χ3v) is 4.74. The normalized spacial score (nSPS) is 17.1. The largest absolute Gasteiger partial charge is 0.317 e. The number of rotatable bonds is 5. The summed E-state index contributed by atoms with van der Waals surface area (Å²) < 4.78 is 0. The van der Waals surface area contributed by atoms with Crippen LogP contribution in [0.3, 0.4) is 0 Å². The van der Waals surface area contributed by atoms with E-state index in [0.29, 0.717) is 28.2 Å². The zero-order valence-corrected chi connectivity index (χ0v) is 14.5. The lowest BCUT2D eigenvalue weighted by atomic mass is 9.77. The molecule has 1 aromatic carbocycles. The Labute approximate surface area is 143 Å². The molecule has 1 aliphatic heterocycles. The van der Waals surface area contributed by atoms with Gasteiger partial charge in [0.15, 0.2) is 0 Å². The lowest BCUT2D eigenvalue weighted by molar-refractivity contribution is -0.122. The fraction of sp³-hybridized carbons (Fsp3) is 0.562. The summed E-state index contributed by atoms with van der Waals surface area (Å²) in [6.45, 7) is 4.02. The summed E-state index contributed by atoms with van der Waals surface area (Å²) >= 11 is 12.1. The molecule has 1 aromatic rings. The second-order valence-corrected chi connectivity index (χ2v) is 6.27.